The largest absolute Gasteiger partial charge is 0.481 e. The molecule has 0 radical (unpaired) electrons. The molecule has 0 aromatic heterocycles. The number of nitrogens with zero attached hydrogens (tertiary/aromatic N) is 1. The number of amides is 1. The van der Waals surface area contributed by atoms with Gasteiger partial charge in [-0.3, -0.25) is 9.59 Å². The Hall–Kier alpha value is -2.33. The lowest BCUT2D eigenvalue weighted by atomic mass is 9.79. The molecule has 124 valence electrons. The van der Waals surface area contributed by atoms with Gasteiger partial charge >= 0.3 is 5.97 Å². The molecule has 5 heteroatoms. The van der Waals surface area contributed by atoms with Crippen LogP contribution in [-0.4, -0.2) is 21.9 Å². The van der Waals surface area contributed by atoms with Crippen LogP contribution in [0.4, 0.5) is 0 Å². The van der Waals surface area contributed by atoms with Crippen LogP contribution in [0.1, 0.15) is 30.0 Å². The van der Waals surface area contributed by atoms with E-state index in [4.69, 9.17) is 11.6 Å². The number of carboxylic acid groups (broad SMARTS) is 1. The lowest BCUT2D eigenvalue weighted by Gasteiger charge is -2.27. The molecule has 1 aliphatic heterocycles. The van der Waals surface area contributed by atoms with Gasteiger partial charge in [0.15, 0.2) is 0 Å². The first kappa shape index (κ1) is 16.5. The first-order valence-corrected chi connectivity index (χ1v) is 8.12. The quantitative estimate of drug-likeness (QED) is 0.922. The Labute approximate surface area is 145 Å². The third-order valence-electron chi connectivity index (χ3n) is 4.65. The fourth-order valence-electron chi connectivity index (χ4n) is 3.04. The van der Waals surface area contributed by atoms with Gasteiger partial charge in [-0.1, -0.05) is 48.0 Å². The Bertz CT molecular complexity index is 762. The van der Waals surface area contributed by atoms with E-state index in [-0.39, 0.29) is 12.3 Å². The van der Waals surface area contributed by atoms with E-state index >= 15 is 0 Å². The van der Waals surface area contributed by atoms with Crippen LogP contribution in [0.3, 0.4) is 0 Å². The maximum Gasteiger partial charge on any atom is 0.314 e. The maximum absolute atomic E-state index is 12.7. The molecule has 0 fully saturated rings. The van der Waals surface area contributed by atoms with Gasteiger partial charge in [0.2, 0.25) is 5.91 Å². The maximum atomic E-state index is 12.7. The van der Waals surface area contributed by atoms with Crippen molar-refractivity contribution in [1.29, 1.82) is 0 Å². The van der Waals surface area contributed by atoms with Crippen molar-refractivity contribution < 1.29 is 14.7 Å². The van der Waals surface area contributed by atoms with Gasteiger partial charge in [-0.25, -0.2) is 0 Å². The van der Waals surface area contributed by atoms with Crippen LogP contribution in [0.25, 0.3) is 0 Å². The van der Waals surface area contributed by atoms with Gasteiger partial charge in [0.25, 0.3) is 0 Å². The van der Waals surface area contributed by atoms with Gasteiger partial charge in [-0.2, -0.15) is 0 Å². The number of hydrogen-bond donors (Lipinski definition) is 1. The van der Waals surface area contributed by atoms with Crippen molar-refractivity contribution in [2.24, 2.45) is 0 Å². The fourth-order valence-corrected chi connectivity index (χ4v) is 3.17. The Kier molecular flexibility index (Phi) is 4.33. The predicted molar refractivity (Wildman–Crippen MR) is 91.8 cm³/mol. The molecular weight excluding hydrogens is 326 g/mol. The topological polar surface area (TPSA) is 57.6 Å². The summed E-state index contributed by atoms with van der Waals surface area (Å²) in [5.74, 6) is -1.18. The minimum absolute atomic E-state index is 0.0854. The van der Waals surface area contributed by atoms with Crippen LogP contribution in [-0.2, 0) is 28.1 Å². The zero-order valence-corrected chi connectivity index (χ0v) is 14.1. The van der Waals surface area contributed by atoms with Gasteiger partial charge in [-0.15, -0.1) is 0 Å². The van der Waals surface area contributed by atoms with Crippen molar-refractivity contribution in [1.82, 2.24) is 4.90 Å². The van der Waals surface area contributed by atoms with Crippen molar-refractivity contribution in [2.75, 3.05) is 0 Å². The molecule has 0 spiro atoms. The fraction of sp³-hybridized carbons (Fsp3) is 0.263. The van der Waals surface area contributed by atoms with Gasteiger partial charge in [0, 0.05) is 24.5 Å². The average molecular weight is 344 g/mol. The van der Waals surface area contributed by atoms with Crippen molar-refractivity contribution >= 4 is 23.5 Å². The molecule has 0 aliphatic carbocycles. The molecule has 0 saturated carbocycles. The second-order valence-electron chi connectivity index (χ2n) is 6.34. The molecule has 1 aliphatic rings. The zero-order chi connectivity index (χ0) is 17.3. The number of carbonyl (C=O) groups excluding carboxylic acids is 1. The molecule has 0 saturated heterocycles. The molecular formula is C19H18ClNO3. The summed E-state index contributed by atoms with van der Waals surface area (Å²) in [5, 5.41) is 10.3. The lowest BCUT2D eigenvalue weighted by Crippen LogP contribution is -2.39. The summed E-state index contributed by atoms with van der Waals surface area (Å²) in [6.07, 6.45) is -0.0854. The van der Waals surface area contributed by atoms with Crippen LogP contribution in [0.2, 0.25) is 5.02 Å². The van der Waals surface area contributed by atoms with E-state index in [1.165, 1.54) is 0 Å². The number of carboxylic acids is 1. The van der Waals surface area contributed by atoms with E-state index in [0.29, 0.717) is 23.7 Å². The molecule has 3 rings (SSSR count). The molecule has 24 heavy (non-hydrogen) atoms. The highest BCUT2D eigenvalue weighted by atomic mass is 35.5. The molecule has 4 nitrogen and oxygen atoms in total. The van der Waals surface area contributed by atoms with Crippen LogP contribution in [0, 0.1) is 0 Å². The van der Waals surface area contributed by atoms with E-state index in [1.54, 1.807) is 36.1 Å². The van der Waals surface area contributed by atoms with E-state index < -0.39 is 11.4 Å². The molecule has 1 unspecified atom stereocenters. The molecule has 2 aromatic carbocycles. The predicted octanol–water partition coefficient (Wildman–Crippen LogP) is 3.61. The molecule has 1 heterocycles. The van der Waals surface area contributed by atoms with Gasteiger partial charge in [-0.05, 0) is 35.7 Å². The Morgan fingerprint density at radius 3 is 2.12 bits per heavy atom. The highest BCUT2D eigenvalue weighted by Crippen LogP contribution is 2.32. The summed E-state index contributed by atoms with van der Waals surface area (Å²) in [5.41, 5.74) is 1.53. The van der Waals surface area contributed by atoms with Crippen molar-refractivity contribution in [2.45, 2.75) is 31.8 Å². The molecule has 1 N–H and O–H groups in total. The highest BCUT2D eigenvalue weighted by Gasteiger charge is 2.39. The minimum Gasteiger partial charge on any atom is -0.481 e. The third-order valence-corrected chi connectivity index (χ3v) is 4.90. The van der Waals surface area contributed by atoms with Crippen LogP contribution in [0.5, 0.6) is 0 Å². The number of rotatable bonds is 4. The lowest BCUT2D eigenvalue weighted by molar-refractivity contribution is -0.147. The van der Waals surface area contributed by atoms with Crippen molar-refractivity contribution in [3.63, 3.8) is 0 Å². The Morgan fingerprint density at radius 1 is 1.08 bits per heavy atom. The summed E-state index contributed by atoms with van der Waals surface area (Å²) in [6, 6.07) is 14.5. The summed E-state index contributed by atoms with van der Waals surface area (Å²) in [6.45, 7) is 2.65. The zero-order valence-electron chi connectivity index (χ0n) is 13.3. The van der Waals surface area contributed by atoms with Gasteiger partial charge < -0.3 is 10.0 Å². The van der Waals surface area contributed by atoms with Crippen LogP contribution < -0.4 is 0 Å². The third kappa shape index (κ3) is 3.02. The number of halogens is 1. The Morgan fingerprint density at radius 2 is 1.62 bits per heavy atom. The van der Waals surface area contributed by atoms with E-state index in [1.807, 2.05) is 24.3 Å². The molecule has 2 aromatic rings. The molecule has 1 amide bonds. The monoisotopic (exact) mass is 343 g/mol. The number of fused-ring (bicyclic) bond motifs is 1. The first-order chi connectivity index (χ1) is 11.4. The van der Waals surface area contributed by atoms with Gasteiger partial charge in [0.1, 0.15) is 0 Å². The number of hydrogen-bond acceptors (Lipinski definition) is 2. The van der Waals surface area contributed by atoms with E-state index in [9.17, 15) is 14.7 Å². The van der Waals surface area contributed by atoms with Crippen molar-refractivity contribution in [3.8, 4) is 0 Å². The normalized spacial score (nSPS) is 15.7. The summed E-state index contributed by atoms with van der Waals surface area (Å²) in [7, 11) is 0. The molecule has 0 bridgehead atoms. The number of benzene rings is 2. The standard InChI is InChI=1S/C19H18ClNO3/c1-19(18(23)24,15-6-8-16(20)9-7-15)10-17(22)21-11-13-4-2-3-5-14(13)12-21/h2-9H,10-12H2,1H3,(H,23,24). The number of carbonyl (C=O) groups is 2. The second kappa shape index (κ2) is 6.29. The highest BCUT2D eigenvalue weighted by molar-refractivity contribution is 6.30. The summed E-state index contributed by atoms with van der Waals surface area (Å²) >= 11 is 5.88. The smallest absolute Gasteiger partial charge is 0.314 e. The van der Waals surface area contributed by atoms with E-state index in [0.717, 1.165) is 11.1 Å². The average Bonchev–Trinajstić information content (AvgIpc) is 2.99. The van der Waals surface area contributed by atoms with Crippen LogP contribution >= 0.6 is 11.6 Å². The Balaban J connectivity index is 1.80. The number of aliphatic carboxylic acids is 1. The van der Waals surface area contributed by atoms with Gasteiger partial charge in [0.05, 0.1) is 5.41 Å². The summed E-state index contributed by atoms with van der Waals surface area (Å²) in [4.78, 5) is 26.3. The van der Waals surface area contributed by atoms with Crippen LogP contribution in [0.15, 0.2) is 48.5 Å². The first-order valence-electron chi connectivity index (χ1n) is 7.74. The van der Waals surface area contributed by atoms with Crippen molar-refractivity contribution in [3.05, 3.63) is 70.2 Å². The minimum atomic E-state index is -1.28. The SMILES string of the molecule is CC(CC(=O)N1Cc2ccccc2C1)(C(=O)O)c1ccc(Cl)cc1. The summed E-state index contributed by atoms with van der Waals surface area (Å²) < 4.78 is 0. The molecule has 1 atom stereocenters. The second-order valence-corrected chi connectivity index (χ2v) is 6.78. The van der Waals surface area contributed by atoms with E-state index in [2.05, 4.69) is 0 Å².